The van der Waals surface area contributed by atoms with Crippen molar-refractivity contribution in [2.45, 2.75) is 45.8 Å². The van der Waals surface area contributed by atoms with E-state index in [1.54, 1.807) is 6.92 Å². The molecule has 1 heterocycles. The zero-order valence-corrected chi connectivity index (χ0v) is 16.6. The highest BCUT2D eigenvalue weighted by molar-refractivity contribution is 6.92. The first kappa shape index (κ1) is 18.8. The van der Waals surface area contributed by atoms with Crippen molar-refractivity contribution in [2.75, 3.05) is 0 Å². The number of carbonyl (C=O) groups is 1. The van der Waals surface area contributed by atoms with Gasteiger partial charge in [-0.2, -0.15) is 0 Å². The summed E-state index contributed by atoms with van der Waals surface area (Å²) in [5, 5.41) is 2.14. The zero-order valence-electron chi connectivity index (χ0n) is 15.6. The molecule has 1 aliphatic heterocycles. The first-order chi connectivity index (χ1) is 12.5. The van der Waals surface area contributed by atoms with Gasteiger partial charge in [0.25, 0.3) is 0 Å². The standard InChI is InChI=1S/C22H26O3Si/c1-4-19-15-17(2)22(16-18(3)23)25-26(24-19,20-11-7-5-8-12-20)21-13-9-6-10-14-21/h5-15,19,22H,4,16H2,1-3H3/t19-,22+/m1/s1. The summed E-state index contributed by atoms with van der Waals surface area (Å²) in [6.45, 7) is 5.78. The fourth-order valence-corrected chi connectivity index (χ4v) is 6.91. The van der Waals surface area contributed by atoms with Gasteiger partial charge in [-0.3, -0.25) is 4.79 Å². The largest absolute Gasteiger partial charge is 0.408 e. The van der Waals surface area contributed by atoms with Crippen molar-refractivity contribution >= 4 is 24.7 Å². The molecular weight excluding hydrogens is 340 g/mol. The SMILES string of the molecule is CC[C@@H]1C=C(C)[C@H](CC(C)=O)O[Si](c2ccccc2)(c2ccccc2)O1. The molecule has 2 atom stereocenters. The molecule has 0 aromatic heterocycles. The molecule has 0 spiro atoms. The average molecular weight is 367 g/mol. The molecule has 1 aliphatic rings. The smallest absolute Gasteiger partial charge is 0.381 e. The number of Topliss-reactive ketones (excluding diaryl/α,β-unsaturated/α-hetero) is 1. The second-order valence-electron chi connectivity index (χ2n) is 6.84. The van der Waals surface area contributed by atoms with Crippen LogP contribution in [0.3, 0.4) is 0 Å². The van der Waals surface area contributed by atoms with Crippen LogP contribution < -0.4 is 10.4 Å². The van der Waals surface area contributed by atoms with Crippen molar-refractivity contribution in [3.05, 3.63) is 72.3 Å². The van der Waals surface area contributed by atoms with Crippen LogP contribution in [0.5, 0.6) is 0 Å². The maximum atomic E-state index is 11.9. The molecular formula is C22H26O3Si. The Labute approximate surface area is 156 Å². The second kappa shape index (κ2) is 8.12. The number of benzene rings is 2. The minimum atomic E-state index is -2.95. The Kier molecular flexibility index (Phi) is 5.86. The number of carbonyl (C=O) groups excluding carboxylic acids is 1. The summed E-state index contributed by atoms with van der Waals surface area (Å²) in [4.78, 5) is 11.9. The summed E-state index contributed by atoms with van der Waals surface area (Å²) in [5.74, 6) is 0.127. The third kappa shape index (κ3) is 3.88. The normalized spacial score (nSPS) is 22.3. The molecule has 0 N–H and O–H groups in total. The van der Waals surface area contributed by atoms with E-state index in [0.29, 0.717) is 6.42 Å². The molecule has 0 aliphatic carbocycles. The highest BCUT2D eigenvalue weighted by Crippen LogP contribution is 2.26. The summed E-state index contributed by atoms with van der Waals surface area (Å²) in [7, 11) is -2.95. The van der Waals surface area contributed by atoms with E-state index in [9.17, 15) is 4.79 Å². The van der Waals surface area contributed by atoms with Crippen LogP contribution >= 0.6 is 0 Å². The lowest BCUT2D eigenvalue weighted by molar-refractivity contribution is -0.118. The van der Waals surface area contributed by atoms with Crippen LogP contribution in [0.2, 0.25) is 0 Å². The van der Waals surface area contributed by atoms with Gasteiger partial charge in [0.1, 0.15) is 5.78 Å². The Bertz CT molecular complexity index is 731. The predicted molar refractivity (Wildman–Crippen MR) is 107 cm³/mol. The van der Waals surface area contributed by atoms with Gasteiger partial charge in [-0.15, -0.1) is 0 Å². The molecule has 0 fully saturated rings. The first-order valence-electron chi connectivity index (χ1n) is 9.19. The number of hydrogen-bond donors (Lipinski definition) is 0. The molecule has 0 unspecified atom stereocenters. The van der Waals surface area contributed by atoms with Gasteiger partial charge in [0.05, 0.1) is 12.2 Å². The molecule has 2 aromatic carbocycles. The van der Waals surface area contributed by atoms with Gasteiger partial charge >= 0.3 is 8.56 Å². The molecule has 0 saturated carbocycles. The molecule has 0 radical (unpaired) electrons. The van der Waals surface area contributed by atoms with E-state index < -0.39 is 8.56 Å². The Morgan fingerprint density at radius 1 is 0.962 bits per heavy atom. The highest BCUT2D eigenvalue weighted by atomic mass is 28.4. The van der Waals surface area contributed by atoms with Crippen molar-refractivity contribution in [3.63, 3.8) is 0 Å². The van der Waals surface area contributed by atoms with E-state index in [0.717, 1.165) is 22.4 Å². The topological polar surface area (TPSA) is 35.5 Å². The molecule has 0 amide bonds. The molecule has 4 heteroatoms. The van der Waals surface area contributed by atoms with Crippen LogP contribution in [0.1, 0.15) is 33.6 Å². The van der Waals surface area contributed by atoms with Crippen molar-refractivity contribution in [1.29, 1.82) is 0 Å². The number of rotatable bonds is 5. The fourth-order valence-electron chi connectivity index (χ4n) is 3.39. The van der Waals surface area contributed by atoms with Crippen LogP contribution in [0, 0.1) is 0 Å². The summed E-state index contributed by atoms with van der Waals surface area (Å²) in [6.07, 6.45) is 3.09. The van der Waals surface area contributed by atoms with Crippen molar-refractivity contribution in [3.8, 4) is 0 Å². The van der Waals surface area contributed by atoms with Gasteiger partial charge < -0.3 is 8.85 Å². The highest BCUT2D eigenvalue weighted by Gasteiger charge is 2.47. The molecule has 26 heavy (non-hydrogen) atoms. The molecule has 136 valence electrons. The maximum Gasteiger partial charge on any atom is 0.408 e. The Morgan fingerprint density at radius 2 is 1.50 bits per heavy atom. The lowest BCUT2D eigenvalue weighted by atomic mass is 10.0. The van der Waals surface area contributed by atoms with E-state index >= 15 is 0 Å². The molecule has 3 nitrogen and oxygen atoms in total. The van der Waals surface area contributed by atoms with E-state index in [2.05, 4.69) is 37.3 Å². The number of hydrogen-bond acceptors (Lipinski definition) is 3. The van der Waals surface area contributed by atoms with E-state index in [-0.39, 0.29) is 18.0 Å². The lowest BCUT2D eigenvalue weighted by Gasteiger charge is -2.34. The first-order valence-corrected chi connectivity index (χ1v) is 11.0. The fraction of sp³-hybridized carbons (Fsp3) is 0.318. The third-order valence-corrected chi connectivity index (χ3v) is 8.20. The van der Waals surface area contributed by atoms with Gasteiger partial charge in [-0.25, -0.2) is 0 Å². The summed E-state index contributed by atoms with van der Waals surface area (Å²) in [5.41, 5.74) is 1.08. The van der Waals surface area contributed by atoms with Crippen LogP contribution in [-0.4, -0.2) is 26.6 Å². The van der Waals surface area contributed by atoms with E-state index in [1.165, 1.54) is 0 Å². The third-order valence-electron chi connectivity index (χ3n) is 4.77. The van der Waals surface area contributed by atoms with Gasteiger partial charge in [0.2, 0.25) is 0 Å². The Hall–Kier alpha value is -2.01. The van der Waals surface area contributed by atoms with Crippen LogP contribution in [0.4, 0.5) is 0 Å². The van der Waals surface area contributed by atoms with Gasteiger partial charge in [-0.1, -0.05) is 73.7 Å². The van der Waals surface area contributed by atoms with Crippen LogP contribution in [0.25, 0.3) is 0 Å². The minimum absolute atomic E-state index is 0.0287. The molecule has 3 rings (SSSR count). The van der Waals surface area contributed by atoms with Gasteiger partial charge in [-0.05, 0) is 36.2 Å². The van der Waals surface area contributed by atoms with Crippen molar-refractivity contribution < 1.29 is 13.6 Å². The predicted octanol–water partition coefficient (Wildman–Crippen LogP) is 3.36. The molecule has 0 bridgehead atoms. The molecule has 2 aromatic rings. The summed E-state index contributed by atoms with van der Waals surface area (Å²) >= 11 is 0. The monoisotopic (exact) mass is 366 g/mol. The average Bonchev–Trinajstić information content (AvgIpc) is 2.80. The quantitative estimate of drug-likeness (QED) is 0.601. The minimum Gasteiger partial charge on any atom is -0.381 e. The van der Waals surface area contributed by atoms with Crippen LogP contribution in [-0.2, 0) is 13.6 Å². The van der Waals surface area contributed by atoms with Gasteiger partial charge in [0, 0.05) is 6.42 Å². The lowest BCUT2D eigenvalue weighted by Crippen LogP contribution is -2.65. The maximum absolute atomic E-state index is 11.9. The Morgan fingerprint density at radius 3 is 1.96 bits per heavy atom. The van der Waals surface area contributed by atoms with Crippen molar-refractivity contribution in [2.24, 2.45) is 0 Å². The number of ketones is 1. The van der Waals surface area contributed by atoms with E-state index in [4.69, 9.17) is 8.85 Å². The van der Waals surface area contributed by atoms with Crippen LogP contribution in [0.15, 0.2) is 72.3 Å². The molecule has 0 saturated heterocycles. The van der Waals surface area contributed by atoms with Crippen molar-refractivity contribution in [1.82, 2.24) is 0 Å². The van der Waals surface area contributed by atoms with E-state index in [1.807, 2.05) is 43.3 Å². The summed E-state index contributed by atoms with van der Waals surface area (Å²) < 4.78 is 13.5. The van der Waals surface area contributed by atoms with Gasteiger partial charge in [0.15, 0.2) is 0 Å². The Balaban J connectivity index is 2.17. The second-order valence-corrected chi connectivity index (χ2v) is 9.70. The summed E-state index contributed by atoms with van der Waals surface area (Å²) in [6, 6.07) is 20.4. The zero-order chi connectivity index (χ0) is 18.6.